The first-order valence-electron chi connectivity index (χ1n) is 8.14. The van der Waals surface area contributed by atoms with Crippen LogP contribution < -0.4 is 9.80 Å². The van der Waals surface area contributed by atoms with Gasteiger partial charge >= 0.3 is 0 Å². The fraction of sp³-hybridized carbons (Fsp3) is 0.200. The van der Waals surface area contributed by atoms with Crippen molar-refractivity contribution in [1.82, 2.24) is 0 Å². The second kappa shape index (κ2) is 7.15. The fourth-order valence-corrected chi connectivity index (χ4v) is 3.56. The molecule has 2 amide bonds. The van der Waals surface area contributed by atoms with E-state index < -0.39 is 0 Å². The van der Waals surface area contributed by atoms with Crippen molar-refractivity contribution in [3.8, 4) is 0 Å². The van der Waals surface area contributed by atoms with E-state index in [1.165, 1.54) is 4.90 Å². The van der Waals surface area contributed by atoms with Crippen molar-refractivity contribution < 1.29 is 9.59 Å². The van der Waals surface area contributed by atoms with Crippen molar-refractivity contribution in [2.75, 3.05) is 23.9 Å². The lowest BCUT2D eigenvalue weighted by Gasteiger charge is -2.16. The summed E-state index contributed by atoms with van der Waals surface area (Å²) in [4.78, 5) is 28.9. The van der Waals surface area contributed by atoms with Crippen LogP contribution in [0.15, 0.2) is 53.4 Å². The molecule has 128 valence electrons. The van der Waals surface area contributed by atoms with Crippen LogP contribution in [0.4, 0.5) is 16.2 Å². The summed E-state index contributed by atoms with van der Waals surface area (Å²) in [6.07, 6.45) is 2.54. The quantitative estimate of drug-likeness (QED) is 0.757. The number of thioether (sulfide) groups is 1. The number of hydrogen-bond donors (Lipinski definition) is 0. The number of nitrogens with zero attached hydrogens (tertiary/aromatic N) is 2. The lowest BCUT2D eigenvalue weighted by atomic mass is 10.1. The van der Waals surface area contributed by atoms with E-state index in [-0.39, 0.29) is 11.1 Å². The summed E-state index contributed by atoms with van der Waals surface area (Å²) in [5.41, 5.74) is 3.65. The Morgan fingerprint density at radius 3 is 2.36 bits per heavy atom. The van der Waals surface area contributed by atoms with E-state index in [1.54, 1.807) is 6.08 Å². The zero-order valence-corrected chi connectivity index (χ0v) is 15.3. The van der Waals surface area contributed by atoms with E-state index in [4.69, 9.17) is 0 Å². The molecule has 1 aliphatic heterocycles. The number of aryl methyl sites for hydroxylation is 1. The summed E-state index contributed by atoms with van der Waals surface area (Å²) in [5.74, 6) is -0.257. The minimum absolute atomic E-state index is 0.248. The standard InChI is InChI=1S/C20H20N2O2S/c1-4-15-7-5-6-8-17(15)22-19(23)18(25-20(22)24)13-14-9-11-16(12-10-14)21(2)3/h5-13H,4H2,1-3H3/b18-13-. The topological polar surface area (TPSA) is 40.6 Å². The molecule has 4 nitrogen and oxygen atoms in total. The maximum absolute atomic E-state index is 12.8. The first-order chi connectivity index (χ1) is 12.0. The molecule has 2 aromatic carbocycles. The Morgan fingerprint density at radius 2 is 1.72 bits per heavy atom. The van der Waals surface area contributed by atoms with Crippen LogP contribution >= 0.6 is 11.8 Å². The molecular formula is C20H20N2O2S. The van der Waals surface area contributed by atoms with E-state index in [0.29, 0.717) is 10.6 Å². The lowest BCUT2D eigenvalue weighted by molar-refractivity contribution is -0.113. The van der Waals surface area contributed by atoms with E-state index in [0.717, 1.165) is 35.0 Å². The first kappa shape index (κ1) is 17.3. The van der Waals surface area contributed by atoms with Crippen molar-refractivity contribution in [1.29, 1.82) is 0 Å². The monoisotopic (exact) mass is 352 g/mol. The predicted molar refractivity (Wildman–Crippen MR) is 105 cm³/mol. The molecule has 0 aromatic heterocycles. The maximum atomic E-state index is 12.8. The Morgan fingerprint density at radius 1 is 1.04 bits per heavy atom. The van der Waals surface area contributed by atoms with E-state index in [1.807, 2.05) is 74.4 Å². The normalized spacial score (nSPS) is 16.0. The third-order valence-corrected chi connectivity index (χ3v) is 4.98. The molecule has 0 unspecified atom stereocenters. The smallest absolute Gasteiger partial charge is 0.298 e. The molecular weight excluding hydrogens is 332 g/mol. The summed E-state index contributed by atoms with van der Waals surface area (Å²) in [6.45, 7) is 2.01. The van der Waals surface area contributed by atoms with Crippen LogP contribution in [-0.2, 0) is 11.2 Å². The van der Waals surface area contributed by atoms with Gasteiger partial charge in [-0.15, -0.1) is 0 Å². The van der Waals surface area contributed by atoms with Crippen molar-refractivity contribution in [3.63, 3.8) is 0 Å². The molecule has 0 spiro atoms. The molecule has 3 rings (SSSR count). The number of carbonyl (C=O) groups is 2. The summed E-state index contributed by atoms with van der Waals surface area (Å²) < 4.78 is 0. The third-order valence-electron chi connectivity index (χ3n) is 4.11. The van der Waals surface area contributed by atoms with Gasteiger partial charge in [-0.05, 0) is 53.6 Å². The van der Waals surface area contributed by atoms with Gasteiger partial charge in [-0.2, -0.15) is 0 Å². The highest BCUT2D eigenvalue weighted by Gasteiger charge is 2.37. The molecule has 0 aliphatic carbocycles. The largest absolute Gasteiger partial charge is 0.378 e. The highest BCUT2D eigenvalue weighted by atomic mass is 32.2. The summed E-state index contributed by atoms with van der Waals surface area (Å²) in [5, 5.41) is -0.248. The molecule has 1 heterocycles. The molecule has 25 heavy (non-hydrogen) atoms. The molecule has 1 saturated heterocycles. The van der Waals surface area contributed by atoms with Crippen LogP contribution in [0.3, 0.4) is 0 Å². The molecule has 0 bridgehead atoms. The van der Waals surface area contributed by atoms with Gasteiger partial charge in [0.15, 0.2) is 0 Å². The van der Waals surface area contributed by atoms with Crippen LogP contribution in [0, 0.1) is 0 Å². The molecule has 0 N–H and O–H groups in total. The summed E-state index contributed by atoms with van der Waals surface area (Å²) in [6, 6.07) is 15.4. The molecule has 5 heteroatoms. The van der Waals surface area contributed by atoms with E-state index in [9.17, 15) is 9.59 Å². The van der Waals surface area contributed by atoms with E-state index >= 15 is 0 Å². The number of amides is 2. The number of imide groups is 1. The third kappa shape index (κ3) is 3.46. The van der Waals surface area contributed by atoms with Gasteiger partial charge in [-0.25, -0.2) is 4.90 Å². The zero-order chi connectivity index (χ0) is 18.0. The zero-order valence-electron chi connectivity index (χ0n) is 14.5. The Bertz CT molecular complexity index is 841. The number of anilines is 2. The van der Waals surface area contributed by atoms with Crippen LogP contribution in [0.2, 0.25) is 0 Å². The van der Waals surface area contributed by atoms with Crippen molar-refractivity contribution in [2.45, 2.75) is 13.3 Å². The minimum atomic E-state index is -0.257. The second-order valence-electron chi connectivity index (χ2n) is 5.99. The van der Waals surface area contributed by atoms with Crippen LogP contribution in [0.25, 0.3) is 6.08 Å². The van der Waals surface area contributed by atoms with Crippen LogP contribution in [0.1, 0.15) is 18.1 Å². The van der Waals surface area contributed by atoms with E-state index in [2.05, 4.69) is 0 Å². The predicted octanol–water partition coefficient (Wildman–Crippen LogP) is 4.56. The number of hydrogen-bond acceptors (Lipinski definition) is 4. The second-order valence-corrected chi connectivity index (χ2v) is 6.98. The summed E-state index contributed by atoms with van der Waals surface area (Å²) in [7, 11) is 3.96. The number of para-hydroxylation sites is 1. The first-order valence-corrected chi connectivity index (χ1v) is 8.96. The number of carbonyl (C=O) groups excluding carboxylic acids is 2. The Hall–Kier alpha value is -2.53. The van der Waals surface area contributed by atoms with Gasteiger partial charge in [-0.3, -0.25) is 9.59 Å². The molecule has 0 saturated carbocycles. The van der Waals surface area contributed by atoms with Gasteiger partial charge in [0.05, 0.1) is 10.6 Å². The van der Waals surface area contributed by atoms with Crippen molar-refractivity contribution in [3.05, 3.63) is 64.6 Å². The van der Waals surface area contributed by atoms with Crippen molar-refractivity contribution >= 4 is 40.4 Å². The van der Waals surface area contributed by atoms with Gasteiger partial charge in [0, 0.05) is 19.8 Å². The van der Waals surface area contributed by atoms with Crippen LogP contribution in [-0.4, -0.2) is 25.2 Å². The Kier molecular flexibility index (Phi) is 4.95. The Balaban J connectivity index is 1.90. The highest BCUT2D eigenvalue weighted by Crippen LogP contribution is 2.37. The SMILES string of the molecule is CCc1ccccc1N1C(=O)S/C(=C\c2ccc(N(C)C)cc2)C1=O. The molecule has 1 aliphatic rings. The van der Waals surface area contributed by atoms with Gasteiger partial charge in [0.1, 0.15) is 0 Å². The van der Waals surface area contributed by atoms with Gasteiger partial charge in [-0.1, -0.05) is 37.3 Å². The maximum Gasteiger partial charge on any atom is 0.298 e. The van der Waals surface area contributed by atoms with Gasteiger partial charge in [0.2, 0.25) is 0 Å². The fourth-order valence-electron chi connectivity index (χ4n) is 2.72. The molecule has 0 atom stereocenters. The number of benzene rings is 2. The molecule has 1 fully saturated rings. The average Bonchev–Trinajstić information content (AvgIpc) is 2.89. The van der Waals surface area contributed by atoms with Gasteiger partial charge < -0.3 is 4.90 Å². The van der Waals surface area contributed by atoms with Gasteiger partial charge in [0.25, 0.3) is 11.1 Å². The highest BCUT2D eigenvalue weighted by molar-refractivity contribution is 8.19. The number of rotatable bonds is 4. The average molecular weight is 352 g/mol. The summed E-state index contributed by atoms with van der Waals surface area (Å²) >= 11 is 0.989. The Labute approximate surface area is 152 Å². The molecule has 2 aromatic rings. The lowest BCUT2D eigenvalue weighted by Crippen LogP contribution is -2.28. The van der Waals surface area contributed by atoms with Crippen molar-refractivity contribution in [2.24, 2.45) is 0 Å². The van der Waals surface area contributed by atoms with Crippen LogP contribution in [0.5, 0.6) is 0 Å². The molecule has 0 radical (unpaired) electrons. The minimum Gasteiger partial charge on any atom is -0.378 e.